The Bertz CT molecular complexity index is 1060. The summed E-state index contributed by atoms with van der Waals surface area (Å²) in [7, 11) is 1.63. The van der Waals surface area contributed by atoms with Crippen LogP contribution in [0.5, 0.6) is 11.5 Å². The van der Waals surface area contributed by atoms with Gasteiger partial charge < -0.3 is 14.8 Å². The maximum atomic E-state index is 12.6. The summed E-state index contributed by atoms with van der Waals surface area (Å²) in [6.07, 6.45) is 0.106. The molecule has 0 saturated heterocycles. The van der Waals surface area contributed by atoms with Gasteiger partial charge in [-0.2, -0.15) is 5.10 Å². The fourth-order valence-corrected chi connectivity index (χ4v) is 3.09. The average molecular weight is 428 g/mol. The van der Waals surface area contributed by atoms with E-state index in [4.69, 9.17) is 21.1 Å². The minimum Gasteiger partial charge on any atom is -0.461 e. The Labute approximate surface area is 179 Å². The molecule has 1 amide bonds. The molecule has 0 atom stereocenters. The second kappa shape index (κ2) is 9.45. The van der Waals surface area contributed by atoms with Crippen molar-refractivity contribution in [1.82, 2.24) is 9.78 Å². The van der Waals surface area contributed by atoms with Crippen LogP contribution in [0.3, 0.4) is 0 Å². The van der Waals surface area contributed by atoms with E-state index in [2.05, 4.69) is 10.4 Å². The molecule has 1 heterocycles. The van der Waals surface area contributed by atoms with Crippen molar-refractivity contribution in [2.45, 2.75) is 20.3 Å². The van der Waals surface area contributed by atoms with Crippen LogP contribution in [0.2, 0.25) is 5.02 Å². The molecule has 0 radical (unpaired) electrons. The summed E-state index contributed by atoms with van der Waals surface area (Å²) in [6.45, 7) is 3.67. The predicted octanol–water partition coefficient (Wildman–Crippen LogP) is 4.53. The van der Waals surface area contributed by atoms with Crippen LogP contribution in [0, 0.1) is 6.92 Å². The Balaban J connectivity index is 1.71. The number of aryl methyl sites for hydroxylation is 2. The van der Waals surface area contributed by atoms with Crippen molar-refractivity contribution in [3.63, 3.8) is 0 Å². The zero-order valence-corrected chi connectivity index (χ0v) is 17.7. The first-order valence-corrected chi connectivity index (χ1v) is 9.78. The molecule has 3 rings (SSSR count). The molecule has 3 aromatic rings. The lowest BCUT2D eigenvalue weighted by atomic mass is 10.1. The number of nitrogens with zero attached hydrogens (tertiary/aromatic N) is 2. The Morgan fingerprint density at radius 2 is 1.87 bits per heavy atom. The van der Waals surface area contributed by atoms with Crippen LogP contribution in [0.25, 0.3) is 0 Å². The van der Waals surface area contributed by atoms with E-state index in [1.807, 2.05) is 12.1 Å². The van der Waals surface area contributed by atoms with E-state index >= 15 is 0 Å². The van der Waals surface area contributed by atoms with Crippen molar-refractivity contribution in [3.8, 4) is 11.5 Å². The third kappa shape index (κ3) is 5.18. The van der Waals surface area contributed by atoms with Crippen molar-refractivity contribution >= 4 is 29.2 Å². The zero-order chi connectivity index (χ0) is 21.7. The van der Waals surface area contributed by atoms with Crippen molar-refractivity contribution < 1.29 is 19.1 Å². The number of anilines is 1. The molecule has 0 aliphatic carbocycles. The molecule has 0 fully saturated rings. The second-order valence-corrected chi connectivity index (χ2v) is 7.02. The van der Waals surface area contributed by atoms with E-state index < -0.39 is 5.97 Å². The summed E-state index contributed by atoms with van der Waals surface area (Å²) in [5, 5.41) is 7.62. The third-order valence-corrected chi connectivity index (χ3v) is 4.52. The molecule has 30 heavy (non-hydrogen) atoms. The number of nitrogens with one attached hydrogen (secondary N) is 1. The van der Waals surface area contributed by atoms with Gasteiger partial charge in [0.1, 0.15) is 11.5 Å². The highest BCUT2D eigenvalue weighted by atomic mass is 35.5. The highest BCUT2D eigenvalue weighted by molar-refractivity contribution is 6.30. The van der Waals surface area contributed by atoms with Crippen molar-refractivity contribution in [2.24, 2.45) is 7.05 Å². The molecular formula is C22H22ClN3O4. The summed E-state index contributed by atoms with van der Waals surface area (Å²) < 4.78 is 12.3. The molecule has 156 valence electrons. The highest BCUT2D eigenvalue weighted by Crippen LogP contribution is 2.25. The van der Waals surface area contributed by atoms with Gasteiger partial charge in [0.2, 0.25) is 5.91 Å². The minimum atomic E-state index is -0.533. The van der Waals surface area contributed by atoms with Gasteiger partial charge in [0.15, 0.2) is 5.69 Å². The first-order chi connectivity index (χ1) is 14.4. The van der Waals surface area contributed by atoms with Gasteiger partial charge in [0.05, 0.1) is 24.4 Å². The van der Waals surface area contributed by atoms with Gasteiger partial charge in [-0.05, 0) is 55.8 Å². The lowest BCUT2D eigenvalue weighted by Crippen LogP contribution is -2.18. The first-order valence-electron chi connectivity index (χ1n) is 9.40. The number of rotatable bonds is 7. The van der Waals surface area contributed by atoms with Crippen LogP contribution in [0.4, 0.5) is 5.69 Å². The van der Waals surface area contributed by atoms with Gasteiger partial charge in [-0.3, -0.25) is 9.48 Å². The number of benzene rings is 2. The van der Waals surface area contributed by atoms with Gasteiger partial charge in [-0.25, -0.2) is 4.79 Å². The molecule has 0 aliphatic heterocycles. The molecule has 0 aliphatic rings. The van der Waals surface area contributed by atoms with Gasteiger partial charge in [0, 0.05) is 12.1 Å². The molecule has 0 saturated carbocycles. The summed E-state index contributed by atoms with van der Waals surface area (Å²) in [6, 6.07) is 14.3. The molecule has 1 aromatic heterocycles. The third-order valence-electron chi connectivity index (χ3n) is 4.27. The number of halogens is 1. The largest absolute Gasteiger partial charge is 0.461 e. The number of carbonyl (C=O) groups excluding carboxylic acids is 2. The molecule has 7 nitrogen and oxygen atoms in total. The van der Waals surface area contributed by atoms with Crippen LogP contribution in [0.15, 0.2) is 48.5 Å². The summed E-state index contributed by atoms with van der Waals surface area (Å²) >= 11 is 5.89. The zero-order valence-electron chi connectivity index (χ0n) is 16.9. The Morgan fingerprint density at radius 3 is 2.57 bits per heavy atom. The number of ether oxygens (including phenoxy) is 2. The molecular weight excluding hydrogens is 406 g/mol. The topological polar surface area (TPSA) is 82.4 Å². The maximum absolute atomic E-state index is 12.6. The highest BCUT2D eigenvalue weighted by Gasteiger charge is 2.23. The van der Waals surface area contributed by atoms with Gasteiger partial charge in [0.25, 0.3) is 0 Å². The van der Waals surface area contributed by atoms with Crippen molar-refractivity contribution in [1.29, 1.82) is 0 Å². The number of amides is 1. The standard InChI is InChI=1S/C22H22ClN3O4/c1-4-29-22(28)21-20(14(2)25-26(21)3)24-19(27)13-15-6-5-7-18(12-15)30-17-10-8-16(23)9-11-17/h5-12H,4,13H2,1-3H3,(H,24,27). The summed E-state index contributed by atoms with van der Waals surface area (Å²) in [5.74, 6) is 0.438. The van der Waals surface area contributed by atoms with Crippen LogP contribution < -0.4 is 10.1 Å². The Kier molecular flexibility index (Phi) is 6.74. The molecule has 8 heteroatoms. The molecule has 0 unspecified atom stereocenters. The van der Waals surface area contributed by atoms with Crippen LogP contribution in [-0.2, 0) is 23.0 Å². The molecule has 0 spiro atoms. The van der Waals surface area contributed by atoms with Crippen molar-refractivity contribution in [3.05, 3.63) is 70.5 Å². The minimum absolute atomic E-state index is 0.106. The van der Waals surface area contributed by atoms with E-state index in [-0.39, 0.29) is 24.6 Å². The Hall–Kier alpha value is -3.32. The number of hydrogen-bond donors (Lipinski definition) is 1. The monoisotopic (exact) mass is 427 g/mol. The summed E-state index contributed by atoms with van der Waals surface area (Å²) in [5.41, 5.74) is 1.86. The van der Waals surface area contributed by atoms with Crippen molar-refractivity contribution in [2.75, 3.05) is 11.9 Å². The second-order valence-electron chi connectivity index (χ2n) is 6.58. The van der Waals surface area contributed by atoms with Gasteiger partial charge in [-0.1, -0.05) is 23.7 Å². The van der Waals surface area contributed by atoms with Crippen LogP contribution in [0.1, 0.15) is 28.7 Å². The van der Waals surface area contributed by atoms with Crippen LogP contribution in [-0.4, -0.2) is 28.3 Å². The number of esters is 1. The lowest BCUT2D eigenvalue weighted by molar-refractivity contribution is -0.115. The van der Waals surface area contributed by atoms with E-state index in [1.54, 1.807) is 57.3 Å². The molecule has 1 N–H and O–H groups in total. The first kappa shape index (κ1) is 21.4. The Morgan fingerprint density at radius 1 is 1.13 bits per heavy atom. The number of aromatic nitrogens is 2. The normalized spacial score (nSPS) is 10.5. The molecule has 0 bridgehead atoms. The maximum Gasteiger partial charge on any atom is 0.358 e. The fourth-order valence-electron chi connectivity index (χ4n) is 2.97. The van der Waals surface area contributed by atoms with Gasteiger partial charge >= 0.3 is 5.97 Å². The van der Waals surface area contributed by atoms with Crippen LogP contribution >= 0.6 is 11.6 Å². The quantitative estimate of drug-likeness (QED) is 0.560. The lowest BCUT2D eigenvalue weighted by Gasteiger charge is -2.10. The SMILES string of the molecule is CCOC(=O)c1c(NC(=O)Cc2cccc(Oc3ccc(Cl)cc3)c2)c(C)nn1C. The smallest absolute Gasteiger partial charge is 0.358 e. The fraction of sp³-hybridized carbons (Fsp3) is 0.227. The molecule has 2 aromatic carbocycles. The van der Waals surface area contributed by atoms with Gasteiger partial charge in [-0.15, -0.1) is 0 Å². The number of hydrogen-bond acceptors (Lipinski definition) is 5. The van der Waals surface area contributed by atoms with E-state index in [1.165, 1.54) is 4.68 Å². The number of carbonyl (C=O) groups is 2. The van der Waals surface area contributed by atoms with E-state index in [0.29, 0.717) is 27.9 Å². The van der Waals surface area contributed by atoms with E-state index in [0.717, 1.165) is 5.56 Å². The van der Waals surface area contributed by atoms with E-state index in [9.17, 15) is 9.59 Å². The summed E-state index contributed by atoms with van der Waals surface area (Å²) in [4.78, 5) is 24.8. The average Bonchev–Trinajstić information content (AvgIpc) is 2.97. The predicted molar refractivity (Wildman–Crippen MR) is 114 cm³/mol.